The van der Waals surface area contributed by atoms with E-state index in [1.165, 1.54) is 0 Å². The number of rotatable bonds is 5. The van der Waals surface area contributed by atoms with Gasteiger partial charge in [-0.05, 0) is 56.0 Å². The predicted molar refractivity (Wildman–Crippen MR) is 116 cm³/mol. The van der Waals surface area contributed by atoms with Gasteiger partial charge in [-0.25, -0.2) is 0 Å². The van der Waals surface area contributed by atoms with Crippen molar-refractivity contribution in [1.29, 1.82) is 0 Å². The second kappa shape index (κ2) is 8.70. The number of fused-ring (bicyclic) bond motifs is 1. The Morgan fingerprint density at radius 2 is 2.13 bits per heavy atom. The van der Waals surface area contributed by atoms with Crippen molar-refractivity contribution in [2.24, 2.45) is 7.05 Å². The number of aliphatic hydroxyl groups excluding tert-OH is 1. The smallest absolute Gasteiger partial charge is 0.224 e. The number of likely N-dealkylation sites (tertiary alicyclic amines) is 1. The van der Waals surface area contributed by atoms with Gasteiger partial charge in [-0.1, -0.05) is 0 Å². The van der Waals surface area contributed by atoms with Crippen molar-refractivity contribution in [3.63, 3.8) is 0 Å². The number of ether oxygens (including phenoxy) is 1. The minimum Gasteiger partial charge on any atom is -0.488 e. The van der Waals surface area contributed by atoms with Crippen LogP contribution in [0.4, 0.5) is 5.69 Å². The molecule has 0 aliphatic carbocycles. The molecule has 0 unspecified atom stereocenters. The first-order valence-corrected chi connectivity index (χ1v) is 10.9. The van der Waals surface area contributed by atoms with Crippen LogP contribution in [0.15, 0.2) is 18.2 Å². The molecule has 0 spiro atoms. The molecule has 1 saturated heterocycles. The van der Waals surface area contributed by atoms with E-state index in [0.29, 0.717) is 44.4 Å². The first-order chi connectivity index (χ1) is 14.8. The molecule has 2 N–H and O–H groups in total. The van der Waals surface area contributed by atoms with E-state index in [1.807, 2.05) is 43.8 Å². The van der Waals surface area contributed by atoms with E-state index in [0.717, 1.165) is 28.2 Å². The average molecular weight is 427 g/mol. The van der Waals surface area contributed by atoms with Gasteiger partial charge in [0.15, 0.2) is 0 Å². The Labute approximate surface area is 182 Å². The predicted octanol–water partition coefficient (Wildman–Crippen LogP) is 1.90. The number of aryl methyl sites for hydroxylation is 3. The Morgan fingerprint density at radius 3 is 2.84 bits per heavy atom. The normalized spacial score (nSPS) is 20.9. The van der Waals surface area contributed by atoms with Crippen LogP contribution in [0.3, 0.4) is 0 Å². The number of β-amino-alcohol motifs (C(OH)–C–C–N with tert-alkyl or cyclic N) is 1. The van der Waals surface area contributed by atoms with E-state index in [1.54, 1.807) is 4.90 Å². The minimum absolute atomic E-state index is 0.0301. The third kappa shape index (κ3) is 4.58. The SMILES string of the molecule is Cc1nn(C)c(C)c1CCC(=O)N1CC[C@@H](Oc2ccc3c(c2)CCC(=O)N3)[C@H](O)C1. The molecule has 2 aliphatic rings. The number of amides is 2. The van der Waals surface area contributed by atoms with Crippen LogP contribution in [-0.4, -0.2) is 56.9 Å². The van der Waals surface area contributed by atoms with Gasteiger partial charge in [0.2, 0.25) is 11.8 Å². The molecule has 1 aromatic heterocycles. The largest absolute Gasteiger partial charge is 0.488 e. The van der Waals surface area contributed by atoms with Crippen LogP contribution in [0.2, 0.25) is 0 Å². The zero-order valence-electron chi connectivity index (χ0n) is 18.4. The first-order valence-electron chi connectivity index (χ1n) is 10.9. The monoisotopic (exact) mass is 426 g/mol. The van der Waals surface area contributed by atoms with Crippen molar-refractivity contribution < 1.29 is 19.4 Å². The fourth-order valence-corrected chi connectivity index (χ4v) is 4.45. The van der Waals surface area contributed by atoms with Gasteiger partial charge in [0.25, 0.3) is 0 Å². The molecule has 2 aromatic rings. The van der Waals surface area contributed by atoms with E-state index in [4.69, 9.17) is 4.74 Å². The molecule has 166 valence electrons. The molecule has 8 heteroatoms. The van der Waals surface area contributed by atoms with Gasteiger partial charge in [0.1, 0.15) is 18.0 Å². The summed E-state index contributed by atoms with van der Waals surface area (Å²) in [7, 11) is 1.91. The van der Waals surface area contributed by atoms with Crippen molar-refractivity contribution in [3.05, 3.63) is 40.7 Å². The highest BCUT2D eigenvalue weighted by Crippen LogP contribution is 2.28. The van der Waals surface area contributed by atoms with Crippen LogP contribution in [0, 0.1) is 13.8 Å². The van der Waals surface area contributed by atoms with Gasteiger partial charge in [0, 0.05) is 44.2 Å². The van der Waals surface area contributed by atoms with Crippen LogP contribution in [-0.2, 0) is 29.5 Å². The lowest BCUT2D eigenvalue weighted by molar-refractivity contribution is -0.137. The van der Waals surface area contributed by atoms with Gasteiger partial charge < -0.3 is 20.1 Å². The number of carbonyl (C=O) groups excluding carboxylic acids is 2. The molecular formula is C23H30N4O4. The summed E-state index contributed by atoms with van der Waals surface area (Å²) < 4.78 is 7.88. The number of aromatic nitrogens is 2. The molecule has 2 atom stereocenters. The van der Waals surface area contributed by atoms with E-state index >= 15 is 0 Å². The Balaban J connectivity index is 1.31. The Kier molecular flexibility index (Phi) is 6.00. The summed E-state index contributed by atoms with van der Waals surface area (Å²) in [4.78, 5) is 25.9. The lowest BCUT2D eigenvalue weighted by atomic mass is 10.0. The van der Waals surface area contributed by atoms with Gasteiger partial charge in [-0.3, -0.25) is 14.3 Å². The Hall–Kier alpha value is -2.87. The molecule has 2 aliphatic heterocycles. The lowest BCUT2D eigenvalue weighted by Crippen LogP contribution is -2.51. The number of hydrogen-bond donors (Lipinski definition) is 2. The molecule has 8 nitrogen and oxygen atoms in total. The van der Waals surface area contributed by atoms with Gasteiger partial charge in [-0.15, -0.1) is 0 Å². The third-order valence-electron chi connectivity index (χ3n) is 6.38. The van der Waals surface area contributed by atoms with Crippen molar-refractivity contribution >= 4 is 17.5 Å². The van der Waals surface area contributed by atoms with E-state index < -0.39 is 6.10 Å². The summed E-state index contributed by atoms with van der Waals surface area (Å²) in [6, 6.07) is 5.58. The number of piperidine rings is 1. The van der Waals surface area contributed by atoms with Crippen LogP contribution in [0.25, 0.3) is 0 Å². The molecule has 0 saturated carbocycles. The maximum absolute atomic E-state index is 12.7. The van der Waals surface area contributed by atoms with Gasteiger partial charge in [0.05, 0.1) is 12.2 Å². The molecule has 0 radical (unpaired) electrons. The maximum atomic E-state index is 12.7. The first kappa shape index (κ1) is 21.4. The third-order valence-corrected chi connectivity index (χ3v) is 6.38. The van der Waals surface area contributed by atoms with Crippen molar-refractivity contribution in [1.82, 2.24) is 14.7 Å². The number of aliphatic hydroxyl groups is 1. The van der Waals surface area contributed by atoms with Crippen LogP contribution < -0.4 is 10.1 Å². The van der Waals surface area contributed by atoms with Crippen molar-refractivity contribution in [3.8, 4) is 5.75 Å². The highest BCUT2D eigenvalue weighted by Gasteiger charge is 2.32. The summed E-state index contributed by atoms with van der Waals surface area (Å²) in [6.45, 7) is 4.82. The van der Waals surface area contributed by atoms with Crippen LogP contribution >= 0.6 is 0 Å². The second-order valence-corrected chi connectivity index (χ2v) is 8.49. The highest BCUT2D eigenvalue weighted by atomic mass is 16.5. The molecule has 31 heavy (non-hydrogen) atoms. The van der Waals surface area contributed by atoms with E-state index in [-0.39, 0.29) is 24.5 Å². The molecule has 4 rings (SSSR count). The number of nitrogens with zero attached hydrogens (tertiary/aromatic N) is 3. The van der Waals surface area contributed by atoms with Gasteiger partial charge in [-0.2, -0.15) is 5.10 Å². The van der Waals surface area contributed by atoms with Crippen LogP contribution in [0.5, 0.6) is 5.75 Å². The van der Waals surface area contributed by atoms with Crippen molar-refractivity contribution in [2.75, 3.05) is 18.4 Å². The maximum Gasteiger partial charge on any atom is 0.224 e. The second-order valence-electron chi connectivity index (χ2n) is 8.49. The highest BCUT2D eigenvalue weighted by molar-refractivity contribution is 5.94. The quantitative estimate of drug-likeness (QED) is 0.761. The topological polar surface area (TPSA) is 96.7 Å². The zero-order chi connectivity index (χ0) is 22.1. The minimum atomic E-state index is -0.740. The fourth-order valence-electron chi connectivity index (χ4n) is 4.45. The number of nitrogens with one attached hydrogen (secondary N) is 1. The van der Waals surface area contributed by atoms with Gasteiger partial charge >= 0.3 is 0 Å². The zero-order valence-corrected chi connectivity index (χ0v) is 18.4. The molecule has 1 fully saturated rings. The number of carbonyl (C=O) groups is 2. The number of benzene rings is 1. The Morgan fingerprint density at radius 1 is 1.32 bits per heavy atom. The average Bonchev–Trinajstić information content (AvgIpc) is 2.99. The van der Waals surface area contributed by atoms with Crippen LogP contribution in [0.1, 0.15) is 41.8 Å². The summed E-state index contributed by atoms with van der Waals surface area (Å²) in [6.07, 6.45) is 1.69. The standard InChI is InChI=1S/C23H30N4O4/c1-14-18(15(2)26(3)25-14)6-9-23(30)27-11-10-21(20(28)13-27)31-17-5-7-19-16(12-17)4-8-22(29)24-19/h5,7,12,20-21,28H,4,6,8-11,13H2,1-3H3,(H,24,29)/t20-,21-/m1/s1. The molecule has 0 bridgehead atoms. The lowest BCUT2D eigenvalue weighted by Gasteiger charge is -2.36. The summed E-state index contributed by atoms with van der Waals surface area (Å²) in [5.74, 6) is 0.758. The summed E-state index contributed by atoms with van der Waals surface area (Å²) >= 11 is 0. The van der Waals surface area contributed by atoms with E-state index in [9.17, 15) is 14.7 Å². The molecule has 2 amide bonds. The molecule has 1 aromatic carbocycles. The summed E-state index contributed by atoms with van der Waals surface area (Å²) in [5.41, 5.74) is 5.04. The Bertz CT molecular complexity index is 1000. The number of anilines is 1. The fraction of sp³-hybridized carbons (Fsp3) is 0.522. The van der Waals surface area contributed by atoms with E-state index in [2.05, 4.69) is 10.4 Å². The van der Waals surface area contributed by atoms with Crippen molar-refractivity contribution in [2.45, 2.75) is 58.2 Å². The molecule has 3 heterocycles. The summed E-state index contributed by atoms with van der Waals surface area (Å²) in [5, 5.41) is 17.9. The molecular weight excluding hydrogens is 396 g/mol. The number of hydrogen-bond acceptors (Lipinski definition) is 5.